The second kappa shape index (κ2) is 22.6. The predicted octanol–water partition coefficient (Wildman–Crippen LogP) is 4.14. The zero-order valence-electron chi connectivity index (χ0n) is 44.1. The molecule has 7 fully saturated rings. The Bertz CT molecular complexity index is 1830. The van der Waals surface area contributed by atoms with Crippen LogP contribution in [0.25, 0.3) is 0 Å². The minimum atomic E-state index is -1.37. The second-order valence-corrected chi connectivity index (χ2v) is 25.1. The molecule has 0 radical (unpaired) electrons. The first-order valence-corrected chi connectivity index (χ1v) is 27.5. The normalized spacial score (nSPS) is 47.4. The van der Waals surface area contributed by atoms with Crippen LogP contribution in [0.1, 0.15) is 145 Å². The van der Waals surface area contributed by atoms with Crippen molar-refractivity contribution in [1.29, 1.82) is 0 Å². The van der Waals surface area contributed by atoms with Crippen LogP contribution >= 0.6 is 0 Å². The van der Waals surface area contributed by atoms with E-state index in [4.69, 9.17) is 37.9 Å². The molecular weight excluding hydrogens is 933 g/mol. The van der Waals surface area contributed by atoms with Gasteiger partial charge in [0.15, 0.2) is 25.2 Å². The molecule has 0 amide bonds. The fourth-order valence-electron chi connectivity index (χ4n) is 15.5. The Morgan fingerprint density at radius 3 is 2.00 bits per heavy atom. The Hall–Kier alpha value is -1.20. The summed E-state index contributed by atoms with van der Waals surface area (Å²) in [5.41, 5.74) is 0.102. The first-order valence-electron chi connectivity index (χ1n) is 27.5. The molecule has 17 heteroatoms. The second-order valence-electron chi connectivity index (χ2n) is 25.1. The standard InChI is InChI=1S/C55H92O17/c1-9-30(36-16-17-55(8)43-13-11-37-38(53(43,6)18-19-54(36,55)7)12-15-44(51(37,2)3)70-46-22-31(59)20-33(26-56)66-46)10-14-45(52(4,5)64)71-50-48(72-47-23-32(60)21-34(27-57)67-47)40(62)24-35(68-50)29-65-49-41(63)25-39(61)42(28-58)69-49/h9,11,30-36,38-50,56-64H,1,10,12-29H2,2-8H3/t30-,31+,32+,33+,34+,35+,36?,38?,39+,40+,41-,42-,43?,44+,45-,46+,47+,48?,49+,50+,53+,54-,55+/m1/s1. The van der Waals surface area contributed by atoms with Gasteiger partial charge in [-0.25, -0.2) is 0 Å². The number of aliphatic hydroxyl groups excluding tert-OH is 8. The number of fused-ring (bicyclic) bond motifs is 5. The van der Waals surface area contributed by atoms with Crippen LogP contribution < -0.4 is 0 Å². The summed E-state index contributed by atoms with van der Waals surface area (Å²) in [6.07, 6.45) is 0.726. The van der Waals surface area contributed by atoms with Crippen LogP contribution in [0.3, 0.4) is 0 Å². The molecule has 3 saturated carbocycles. The quantitative estimate of drug-likeness (QED) is 0.0875. The Labute approximate surface area is 427 Å². The number of hydrogen-bond donors (Lipinski definition) is 9. The fourth-order valence-corrected chi connectivity index (χ4v) is 15.5. The van der Waals surface area contributed by atoms with Crippen molar-refractivity contribution in [1.82, 2.24) is 0 Å². The van der Waals surface area contributed by atoms with Gasteiger partial charge >= 0.3 is 0 Å². The third-order valence-corrected chi connectivity index (χ3v) is 19.9. The molecule has 414 valence electrons. The molecule has 4 heterocycles. The monoisotopic (exact) mass is 1020 g/mol. The highest BCUT2D eigenvalue weighted by molar-refractivity contribution is 5.30. The van der Waals surface area contributed by atoms with E-state index in [-0.39, 0.29) is 79.2 Å². The number of hydrogen-bond acceptors (Lipinski definition) is 17. The molecule has 0 aromatic carbocycles. The van der Waals surface area contributed by atoms with Gasteiger partial charge < -0.3 is 83.9 Å². The Morgan fingerprint density at radius 1 is 0.708 bits per heavy atom. The van der Waals surface area contributed by atoms with Crippen molar-refractivity contribution in [3.05, 3.63) is 24.3 Å². The Morgan fingerprint density at radius 2 is 1.38 bits per heavy atom. The number of rotatable bonds is 18. The average Bonchev–Trinajstić information content (AvgIpc) is 3.59. The van der Waals surface area contributed by atoms with Gasteiger partial charge in [0, 0.05) is 43.9 Å². The van der Waals surface area contributed by atoms with Gasteiger partial charge in [0.05, 0.1) is 87.0 Å². The van der Waals surface area contributed by atoms with Gasteiger partial charge in [-0.3, -0.25) is 0 Å². The van der Waals surface area contributed by atoms with Crippen molar-refractivity contribution in [2.75, 3.05) is 26.4 Å². The Kier molecular flexibility index (Phi) is 17.9. The van der Waals surface area contributed by atoms with E-state index in [2.05, 4.69) is 53.3 Å². The van der Waals surface area contributed by atoms with Gasteiger partial charge in [0.2, 0.25) is 0 Å². The molecule has 9 N–H and O–H groups in total. The minimum absolute atomic E-state index is 0.0232. The van der Waals surface area contributed by atoms with E-state index in [0.29, 0.717) is 43.4 Å². The third kappa shape index (κ3) is 11.4. The van der Waals surface area contributed by atoms with E-state index in [1.54, 1.807) is 13.8 Å². The summed E-state index contributed by atoms with van der Waals surface area (Å²) in [5, 5.41) is 95.0. The lowest BCUT2D eigenvalue weighted by molar-refractivity contribution is -0.347. The summed E-state index contributed by atoms with van der Waals surface area (Å²) in [6.45, 7) is 19.0. The smallest absolute Gasteiger partial charge is 0.187 e. The lowest BCUT2D eigenvalue weighted by atomic mass is 9.39. The summed E-state index contributed by atoms with van der Waals surface area (Å²) in [5.74, 6) is 1.37. The van der Waals surface area contributed by atoms with Crippen LogP contribution in [0.5, 0.6) is 0 Å². The van der Waals surface area contributed by atoms with Crippen molar-refractivity contribution in [2.24, 2.45) is 45.3 Å². The van der Waals surface area contributed by atoms with E-state index in [1.807, 2.05) is 0 Å². The summed E-state index contributed by atoms with van der Waals surface area (Å²) < 4.78 is 49.9. The predicted molar refractivity (Wildman–Crippen MR) is 262 cm³/mol. The van der Waals surface area contributed by atoms with Gasteiger partial charge in [-0.2, -0.15) is 0 Å². The topological polar surface area (TPSA) is 256 Å². The van der Waals surface area contributed by atoms with Gasteiger partial charge in [-0.05, 0) is 112 Å². The molecule has 8 aliphatic rings. The van der Waals surface area contributed by atoms with E-state index in [0.717, 1.165) is 44.9 Å². The molecule has 0 aromatic heterocycles. The van der Waals surface area contributed by atoms with Crippen LogP contribution in [0.2, 0.25) is 0 Å². The van der Waals surface area contributed by atoms with E-state index in [9.17, 15) is 46.0 Å². The highest BCUT2D eigenvalue weighted by Crippen LogP contribution is 2.75. The molecule has 72 heavy (non-hydrogen) atoms. The summed E-state index contributed by atoms with van der Waals surface area (Å²) in [6, 6.07) is 0. The highest BCUT2D eigenvalue weighted by atomic mass is 16.8. The lowest BCUT2D eigenvalue weighted by Crippen LogP contribution is -2.59. The molecule has 0 bridgehead atoms. The first kappa shape index (κ1) is 57.0. The first-order chi connectivity index (χ1) is 34.0. The number of ether oxygens (including phenoxy) is 8. The molecular formula is C55H92O17. The zero-order chi connectivity index (χ0) is 52.1. The zero-order valence-corrected chi connectivity index (χ0v) is 44.1. The maximum atomic E-state index is 11.8. The van der Waals surface area contributed by atoms with Crippen LogP contribution in [-0.2, 0) is 37.9 Å². The molecule has 0 spiro atoms. The summed E-state index contributed by atoms with van der Waals surface area (Å²) >= 11 is 0. The summed E-state index contributed by atoms with van der Waals surface area (Å²) in [7, 11) is 0. The lowest BCUT2D eigenvalue weighted by Gasteiger charge is -2.66. The summed E-state index contributed by atoms with van der Waals surface area (Å²) in [4.78, 5) is 0. The molecule has 4 aliphatic heterocycles. The van der Waals surface area contributed by atoms with Crippen LogP contribution in [0, 0.1) is 45.3 Å². The van der Waals surface area contributed by atoms with E-state index < -0.39 is 105 Å². The SMILES string of the molecule is C=C[C@H](CC[C@@H](O[C@@H]1O[C@H](CO[C@H]2O[C@H](CO)[C@@H](O)C[C@H]2O)C[C@H](O)C1O[C@H]1C[C@@H](O)C[C@@H](CO)O1)C(C)(C)O)C1CC[C@@]2(C)C3CC=C4C(CC[C@H](O[C@H]5C[C@@H](O)C[C@@H](CO)O5)C4(C)C)[C@]3(C)CC[C@]12C. The highest BCUT2D eigenvalue weighted by Gasteiger charge is 2.67. The van der Waals surface area contributed by atoms with Crippen molar-refractivity contribution < 1.29 is 83.9 Å². The average molecular weight is 1030 g/mol. The molecule has 8 rings (SSSR count). The fraction of sp³-hybridized carbons (Fsp3) is 0.927. The molecule has 17 nitrogen and oxygen atoms in total. The van der Waals surface area contributed by atoms with Gasteiger partial charge in [0.1, 0.15) is 18.3 Å². The van der Waals surface area contributed by atoms with Crippen LogP contribution in [-0.4, -0.2) is 176 Å². The molecule has 4 aliphatic carbocycles. The number of allylic oxidation sites excluding steroid dienone is 2. The molecule has 4 saturated heterocycles. The number of aliphatic hydroxyl groups is 9. The van der Waals surface area contributed by atoms with Crippen molar-refractivity contribution in [2.45, 2.75) is 249 Å². The van der Waals surface area contributed by atoms with Crippen molar-refractivity contribution in [3.8, 4) is 0 Å². The third-order valence-electron chi connectivity index (χ3n) is 19.9. The van der Waals surface area contributed by atoms with Crippen molar-refractivity contribution >= 4 is 0 Å². The van der Waals surface area contributed by atoms with Crippen molar-refractivity contribution in [3.63, 3.8) is 0 Å². The van der Waals surface area contributed by atoms with Crippen LogP contribution in [0.15, 0.2) is 24.3 Å². The van der Waals surface area contributed by atoms with Crippen LogP contribution in [0.4, 0.5) is 0 Å². The largest absolute Gasteiger partial charge is 0.394 e. The van der Waals surface area contributed by atoms with Gasteiger partial charge in [-0.1, -0.05) is 52.3 Å². The molecule has 0 aromatic rings. The minimum Gasteiger partial charge on any atom is -0.394 e. The maximum Gasteiger partial charge on any atom is 0.187 e. The molecule has 4 unspecified atom stereocenters. The Balaban J connectivity index is 0.960. The van der Waals surface area contributed by atoms with Gasteiger partial charge in [0.25, 0.3) is 0 Å². The van der Waals surface area contributed by atoms with E-state index >= 15 is 0 Å². The maximum absolute atomic E-state index is 11.8. The van der Waals surface area contributed by atoms with Gasteiger partial charge in [-0.15, -0.1) is 6.58 Å². The molecule has 23 atom stereocenters. The van der Waals surface area contributed by atoms with E-state index in [1.165, 1.54) is 5.57 Å².